The van der Waals surface area contributed by atoms with Gasteiger partial charge in [-0.25, -0.2) is 12.7 Å². The Hall–Kier alpha value is -0.430. The van der Waals surface area contributed by atoms with Crippen LogP contribution in [0.1, 0.15) is 31.2 Å². The number of aliphatic hydroxyl groups excluding tert-OH is 1. The quantitative estimate of drug-likeness (QED) is 0.876. The van der Waals surface area contributed by atoms with Crippen LogP contribution in [-0.4, -0.2) is 31.4 Å². The number of benzene rings is 1. The maximum Gasteiger partial charge on any atom is 0.243 e. The minimum atomic E-state index is -3.48. The van der Waals surface area contributed by atoms with E-state index >= 15 is 0 Å². The van der Waals surface area contributed by atoms with Crippen molar-refractivity contribution in [3.63, 3.8) is 0 Å². The van der Waals surface area contributed by atoms with E-state index in [-0.39, 0.29) is 11.5 Å². The Morgan fingerprint density at radius 3 is 2.55 bits per heavy atom. The zero-order valence-electron chi connectivity index (χ0n) is 11.5. The Morgan fingerprint density at radius 2 is 2.00 bits per heavy atom. The minimum absolute atomic E-state index is 0.100. The fraction of sp³-hybridized carbons (Fsp3) is 0.571. The van der Waals surface area contributed by atoms with E-state index < -0.39 is 10.0 Å². The molecule has 0 amide bonds. The summed E-state index contributed by atoms with van der Waals surface area (Å²) in [7, 11) is -1.84. The van der Waals surface area contributed by atoms with Crippen LogP contribution in [0, 0.1) is 5.92 Å². The molecule has 0 atom stereocenters. The lowest BCUT2D eigenvalue weighted by molar-refractivity contribution is 0.281. The van der Waals surface area contributed by atoms with E-state index in [1.165, 1.54) is 17.1 Å². The second-order valence-electron chi connectivity index (χ2n) is 5.36. The van der Waals surface area contributed by atoms with Gasteiger partial charge in [0.25, 0.3) is 0 Å². The van der Waals surface area contributed by atoms with Gasteiger partial charge >= 0.3 is 0 Å². The van der Waals surface area contributed by atoms with E-state index in [2.05, 4.69) is 15.9 Å². The Labute approximate surface area is 129 Å². The average Bonchev–Trinajstić information content (AvgIpc) is 2.91. The monoisotopic (exact) mass is 361 g/mol. The summed E-state index contributed by atoms with van der Waals surface area (Å²) in [5.74, 6) is 0.477. The van der Waals surface area contributed by atoms with Crippen molar-refractivity contribution in [1.82, 2.24) is 4.31 Å². The highest BCUT2D eigenvalue weighted by molar-refractivity contribution is 9.10. The van der Waals surface area contributed by atoms with Crippen molar-refractivity contribution in [2.45, 2.75) is 37.2 Å². The standard InChI is InChI=1S/C14H20BrNO3S/c1-16(9-11-4-2-3-5-11)20(18,19)14-7-6-12(10-17)8-13(14)15/h6-8,11,17H,2-5,9-10H2,1H3. The normalized spacial score (nSPS) is 17.0. The lowest BCUT2D eigenvalue weighted by Crippen LogP contribution is -2.31. The molecule has 1 aliphatic rings. The molecule has 1 fully saturated rings. The second-order valence-corrected chi connectivity index (χ2v) is 8.23. The van der Waals surface area contributed by atoms with Gasteiger partial charge in [0.15, 0.2) is 0 Å². The number of sulfonamides is 1. The second kappa shape index (κ2) is 6.56. The minimum Gasteiger partial charge on any atom is -0.392 e. The molecule has 0 radical (unpaired) electrons. The first-order chi connectivity index (χ1) is 9.45. The van der Waals surface area contributed by atoms with E-state index in [0.29, 0.717) is 22.5 Å². The number of aliphatic hydroxyl groups is 1. The van der Waals surface area contributed by atoms with Crippen molar-refractivity contribution in [2.24, 2.45) is 5.92 Å². The fourth-order valence-corrected chi connectivity index (χ4v) is 5.00. The van der Waals surface area contributed by atoms with E-state index in [4.69, 9.17) is 5.11 Å². The summed E-state index contributed by atoms with van der Waals surface area (Å²) in [6.07, 6.45) is 4.63. The van der Waals surface area contributed by atoms with Gasteiger partial charge in [-0.15, -0.1) is 0 Å². The molecule has 0 unspecified atom stereocenters. The highest BCUT2D eigenvalue weighted by Gasteiger charge is 2.27. The summed E-state index contributed by atoms with van der Waals surface area (Å²) in [5.41, 5.74) is 0.689. The molecule has 0 spiro atoms. The van der Waals surface area contributed by atoms with E-state index in [1.807, 2.05) is 0 Å². The molecule has 0 aliphatic heterocycles. The highest BCUT2D eigenvalue weighted by Crippen LogP contribution is 2.29. The molecule has 1 aliphatic carbocycles. The third-order valence-electron chi connectivity index (χ3n) is 3.86. The number of hydrogen-bond acceptors (Lipinski definition) is 3. The topological polar surface area (TPSA) is 57.6 Å². The van der Waals surface area contributed by atoms with Gasteiger partial charge in [0.1, 0.15) is 0 Å². The molecule has 4 nitrogen and oxygen atoms in total. The number of nitrogens with zero attached hydrogens (tertiary/aromatic N) is 1. The third kappa shape index (κ3) is 3.42. The molecule has 1 saturated carbocycles. The summed E-state index contributed by atoms with van der Waals surface area (Å²) in [6, 6.07) is 4.84. The number of hydrogen-bond donors (Lipinski definition) is 1. The van der Waals surface area contributed by atoms with Gasteiger partial charge in [0, 0.05) is 18.1 Å². The molecule has 1 N–H and O–H groups in total. The Morgan fingerprint density at radius 1 is 1.35 bits per heavy atom. The Kier molecular flexibility index (Phi) is 5.23. The fourth-order valence-electron chi connectivity index (χ4n) is 2.67. The third-order valence-corrected chi connectivity index (χ3v) is 6.66. The zero-order chi connectivity index (χ0) is 14.8. The van der Waals surface area contributed by atoms with Crippen molar-refractivity contribution in [3.05, 3.63) is 28.2 Å². The average molecular weight is 362 g/mol. The van der Waals surface area contributed by atoms with Crippen LogP contribution >= 0.6 is 15.9 Å². The SMILES string of the molecule is CN(CC1CCCC1)S(=O)(=O)c1ccc(CO)cc1Br. The van der Waals surface area contributed by atoms with Gasteiger partial charge in [0.2, 0.25) is 10.0 Å². The maximum absolute atomic E-state index is 12.6. The molecule has 112 valence electrons. The van der Waals surface area contributed by atoms with Crippen molar-refractivity contribution < 1.29 is 13.5 Å². The molecule has 1 aromatic rings. The summed E-state index contributed by atoms with van der Waals surface area (Å²) < 4.78 is 27.1. The Bertz CT molecular complexity index is 568. The first kappa shape index (κ1) is 15.9. The largest absolute Gasteiger partial charge is 0.392 e. The molecule has 0 bridgehead atoms. The summed E-state index contributed by atoms with van der Waals surface area (Å²) in [6.45, 7) is 0.480. The molecule has 0 heterocycles. The van der Waals surface area contributed by atoms with Crippen molar-refractivity contribution >= 4 is 26.0 Å². The molecule has 1 aromatic carbocycles. The summed E-state index contributed by atoms with van der Waals surface area (Å²) in [4.78, 5) is 0.259. The maximum atomic E-state index is 12.6. The predicted molar refractivity (Wildman–Crippen MR) is 81.8 cm³/mol. The smallest absolute Gasteiger partial charge is 0.243 e. The summed E-state index contributed by atoms with van der Waals surface area (Å²) >= 11 is 3.29. The Balaban J connectivity index is 2.20. The van der Waals surface area contributed by atoms with Gasteiger partial charge in [-0.2, -0.15) is 0 Å². The van der Waals surface area contributed by atoms with Crippen LogP contribution in [-0.2, 0) is 16.6 Å². The predicted octanol–water partition coefficient (Wildman–Crippen LogP) is 2.75. The van der Waals surface area contributed by atoms with Crippen LogP contribution in [0.2, 0.25) is 0 Å². The van der Waals surface area contributed by atoms with Crippen LogP contribution in [0.5, 0.6) is 0 Å². The number of rotatable bonds is 5. The van der Waals surface area contributed by atoms with Crippen molar-refractivity contribution in [2.75, 3.05) is 13.6 Å². The van der Waals surface area contributed by atoms with Gasteiger partial charge in [-0.3, -0.25) is 0 Å². The van der Waals surface area contributed by atoms with E-state index in [1.54, 1.807) is 25.2 Å². The molecular formula is C14H20BrNO3S. The molecule has 6 heteroatoms. The molecular weight excluding hydrogens is 342 g/mol. The van der Waals surface area contributed by atoms with Gasteiger partial charge in [0.05, 0.1) is 11.5 Å². The van der Waals surface area contributed by atoms with E-state index in [9.17, 15) is 8.42 Å². The van der Waals surface area contributed by atoms with E-state index in [0.717, 1.165) is 12.8 Å². The van der Waals surface area contributed by atoms with Crippen LogP contribution in [0.15, 0.2) is 27.6 Å². The van der Waals surface area contributed by atoms with Crippen LogP contribution in [0.25, 0.3) is 0 Å². The van der Waals surface area contributed by atoms with Gasteiger partial charge < -0.3 is 5.11 Å². The lowest BCUT2D eigenvalue weighted by Gasteiger charge is -2.21. The van der Waals surface area contributed by atoms with Crippen LogP contribution in [0.4, 0.5) is 0 Å². The van der Waals surface area contributed by atoms with Crippen LogP contribution in [0.3, 0.4) is 0 Å². The lowest BCUT2D eigenvalue weighted by atomic mass is 10.1. The van der Waals surface area contributed by atoms with Gasteiger partial charge in [-0.1, -0.05) is 18.9 Å². The molecule has 2 rings (SSSR count). The van der Waals surface area contributed by atoms with Gasteiger partial charge in [-0.05, 0) is 52.4 Å². The molecule has 20 heavy (non-hydrogen) atoms. The van der Waals surface area contributed by atoms with Crippen LogP contribution < -0.4 is 0 Å². The first-order valence-electron chi connectivity index (χ1n) is 6.81. The first-order valence-corrected chi connectivity index (χ1v) is 9.04. The molecule has 0 saturated heterocycles. The summed E-state index contributed by atoms with van der Waals surface area (Å²) in [5, 5.41) is 9.07. The molecule has 0 aromatic heterocycles. The van der Waals surface area contributed by atoms with Crippen molar-refractivity contribution in [1.29, 1.82) is 0 Å². The zero-order valence-corrected chi connectivity index (χ0v) is 14.0. The van der Waals surface area contributed by atoms with Crippen molar-refractivity contribution in [3.8, 4) is 0 Å². The number of halogens is 1. The highest BCUT2D eigenvalue weighted by atomic mass is 79.9.